The van der Waals surface area contributed by atoms with Crippen LogP contribution in [0.2, 0.25) is 0 Å². The Kier molecular flexibility index (Phi) is 4.68. The molecule has 8 heteroatoms. The fourth-order valence-electron chi connectivity index (χ4n) is 3.68. The van der Waals surface area contributed by atoms with Crippen LogP contribution in [0.1, 0.15) is 51.0 Å². The van der Waals surface area contributed by atoms with Crippen LogP contribution in [0.15, 0.2) is 42.6 Å². The van der Waals surface area contributed by atoms with Crippen LogP contribution in [-0.4, -0.2) is 49.8 Å². The largest absolute Gasteiger partial charge is 0.364 e. The molecule has 0 spiro atoms. The molecule has 1 saturated heterocycles. The van der Waals surface area contributed by atoms with Crippen molar-refractivity contribution in [2.75, 3.05) is 13.1 Å². The molecule has 0 aliphatic carbocycles. The lowest BCUT2D eigenvalue weighted by Crippen LogP contribution is -2.38. The predicted molar refractivity (Wildman–Crippen MR) is 103 cm³/mol. The SMILES string of the molecule is Cc1c(C(=O)N2CCC(c3cc(C(N)=O)n[nH]3)CC2)cnn1-c1ccccc1. The van der Waals surface area contributed by atoms with E-state index >= 15 is 0 Å². The number of carbonyl (C=O) groups excluding carboxylic acids is 2. The Morgan fingerprint density at radius 1 is 1.18 bits per heavy atom. The average molecular weight is 378 g/mol. The van der Waals surface area contributed by atoms with Crippen LogP contribution < -0.4 is 5.73 Å². The maximum absolute atomic E-state index is 13.0. The van der Waals surface area contributed by atoms with Gasteiger partial charge in [-0.1, -0.05) is 18.2 Å². The number of piperidine rings is 1. The van der Waals surface area contributed by atoms with Gasteiger partial charge in [0.1, 0.15) is 5.69 Å². The van der Waals surface area contributed by atoms with Crippen molar-refractivity contribution in [2.24, 2.45) is 5.73 Å². The molecule has 4 rings (SSSR count). The van der Waals surface area contributed by atoms with Crippen LogP contribution in [0.5, 0.6) is 0 Å². The van der Waals surface area contributed by atoms with Gasteiger partial charge in [-0.3, -0.25) is 14.7 Å². The van der Waals surface area contributed by atoms with E-state index in [9.17, 15) is 9.59 Å². The molecule has 1 aliphatic rings. The highest BCUT2D eigenvalue weighted by Gasteiger charge is 2.28. The smallest absolute Gasteiger partial charge is 0.269 e. The first-order valence-electron chi connectivity index (χ1n) is 9.29. The average Bonchev–Trinajstić information content (AvgIpc) is 3.36. The maximum atomic E-state index is 13.0. The van der Waals surface area contributed by atoms with Gasteiger partial charge in [-0.2, -0.15) is 10.2 Å². The molecule has 3 aromatic rings. The number of carbonyl (C=O) groups is 2. The van der Waals surface area contributed by atoms with E-state index in [4.69, 9.17) is 5.73 Å². The van der Waals surface area contributed by atoms with Crippen molar-refractivity contribution in [3.8, 4) is 5.69 Å². The molecule has 3 N–H and O–H groups in total. The van der Waals surface area contributed by atoms with Crippen molar-refractivity contribution in [1.82, 2.24) is 24.9 Å². The van der Waals surface area contributed by atoms with Gasteiger partial charge in [0.15, 0.2) is 0 Å². The number of nitrogens with two attached hydrogens (primary N) is 1. The molecule has 1 fully saturated rings. The van der Waals surface area contributed by atoms with Gasteiger partial charge in [0.2, 0.25) is 0 Å². The first-order chi connectivity index (χ1) is 13.5. The van der Waals surface area contributed by atoms with E-state index in [2.05, 4.69) is 15.3 Å². The Morgan fingerprint density at radius 2 is 1.89 bits per heavy atom. The van der Waals surface area contributed by atoms with Crippen LogP contribution in [0, 0.1) is 6.92 Å². The minimum Gasteiger partial charge on any atom is -0.364 e. The third-order valence-electron chi connectivity index (χ3n) is 5.31. The summed E-state index contributed by atoms with van der Waals surface area (Å²) in [5.41, 5.74) is 8.79. The summed E-state index contributed by atoms with van der Waals surface area (Å²) in [4.78, 5) is 26.1. The molecule has 8 nitrogen and oxygen atoms in total. The molecule has 1 aromatic carbocycles. The normalized spacial score (nSPS) is 15.0. The van der Waals surface area contributed by atoms with E-state index in [1.54, 1.807) is 16.9 Å². The minimum atomic E-state index is -0.541. The number of para-hydroxylation sites is 1. The van der Waals surface area contributed by atoms with Gasteiger partial charge < -0.3 is 10.6 Å². The Bertz CT molecular complexity index is 999. The summed E-state index contributed by atoms with van der Waals surface area (Å²) in [5, 5.41) is 11.2. The first kappa shape index (κ1) is 18.0. The fraction of sp³-hybridized carbons (Fsp3) is 0.300. The molecule has 0 unspecified atom stereocenters. The quantitative estimate of drug-likeness (QED) is 0.724. The van der Waals surface area contributed by atoms with Gasteiger partial charge in [-0.15, -0.1) is 0 Å². The number of rotatable bonds is 4. The van der Waals surface area contributed by atoms with Gasteiger partial charge in [0, 0.05) is 24.7 Å². The fourth-order valence-corrected chi connectivity index (χ4v) is 3.68. The molecular formula is C20H22N6O2. The van der Waals surface area contributed by atoms with E-state index in [0.29, 0.717) is 18.7 Å². The van der Waals surface area contributed by atoms with Crippen LogP contribution in [-0.2, 0) is 0 Å². The summed E-state index contributed by atoms with van der Waals surface area (Å²) < 4.78 is 1.79. The van der Waals surface area contributed by atoms with Crippen molar-refractivity contribution in [3.05, 3.63) is 65.2 Å². The molecule has 144 valence electrons. The summed E-state index contributed by atoms with van der Waals surface area (Å²) in [7, 11) is 0. The number of likely N-dealkylation sites (tertiary alicyclic amines) is 1. The summed E-state index contributed by atoms with van der Waals surface area (Å²) >= 11 is 0. The molecule has 3 heterocycles. The Hall–Kier alpha value is -3.42. The van der Waals surface area contributed by atoms with Gasteiger partial charge in [0.25, 0.3) is 11.8 Å². The number of hydrogen-bond acceptors (Lipinski definition) is 4. The monoisotopic (exact) mass is 378 g/mol. The highest BCUT2D eigenvalue weighted by molar-refractivity contribution is 5.95. The molecule has 28 heavy (non-hydrogen) atoms. The van der Waals surface area contributed by atoms with Crippen LogP contribution in [0.4, 0.5) is 0 Å². The van der Waals surface area contributed by atoms with Crippen LogP contribution in [0.3, 0.4) is 0 Å². The zero-order valence-corrected chi connectivity index (χ0v) is 15.6. The van der Waals surface area contributed by atoms with Gasteiger partial charge in [-0.25, -0.2) is 4.68 Å². The molecule has 1 aliphatic heterocycles. The number of benzene rings is 1. The van der Waals surface area contributed by atoms with Crippen molar-refractivity contribution in [3.63, 3.8) is 0 Å². The topological polar surface area (TPSA) is 110 Å². The molecule has 0 bridgehead atoms. The summed E-state index contributed by atoms with van der Waals surface area (Å²) in [6.45, 7) is 3.20. The number of nitrogens with one attached hydrogen (secondary N) is 1. The molecular weight excluding hydrogens is 356 g/mol. The summed E-state index contributed by atoms with van der Waals surface area (Å²) in [5.74, 6) is -0.306. The Labute approximate surface area is 162 Å². The third-order valence-corrected chi connectivity index (χ3v) is 5.31. The molecule has 0 saturated carbocycles. The second-order valence-corrected chi connectivity index (χ2v) is 7.03. The number of amides is 2. The summed E-state index contributed by atoms with van der Waals surface area (Å²) in [6.07, 6.45) is 3.25. The van der Waals surface area contributed by atoms with Gasteiger partial charge in [-0.05, 0) is 38.0 Å². The number of hydrogen-bond donors (Lipinski definition) is 2. The first-order valence-corrected chi connectivity index (χ1v) is 9.29. The maximum Gasteiger partial charge on any atom is 0.269 e. The second kappa shape index (κ2) is 7.30. The molecule has 0 radical (unpaired) electrons. The number of H-pyrrole nitrogens is 1. The van der Waals surface area contributed by atoms with Crippen molar-refractivity contribution in [2.45, 2.75) is 25.7 Å². The van der Waals surface area contributed by atoms with E-state index < -0.39 is 5.91 Å². The highest BCUT2D eigenvalue weighted by atomic mass is 16.2. The lowest BCUT2D eigenvalue weighted by molar-refractivity contribution is 0.0711. The Morgan fingerprint density at radius 3 is 2.54 bits per heavy atom. The second-order valence-electron chi connectivity index (χ2n) is 7.03. The van der Waals surface area contributed by atoms with Crippen molar-refractivity contribution >= 4 is 11.8 Å². The van der Waals surface area contributed by atoms with Crippen molar-refractivity contribution < 1.29 is 9.59 Å². The number of nitrogens with zero attached hydrogens (tertiary/aromatic N) is 4. The third kappa shape index (κ3) is 3.28. The number of aromatic amines is 1. The molecule has 2 amide bonds. The number of primary amides is 1. The van der Waals surface area contributed by atoms with E-state index in [1.807, 2.05) is 42.2 Å². The van der Waals surface area contributed by atoms with E-state index in [1.165, 1.54) is 0 Å². The van der Waals surface area contributed by atoms with E-state index in [0.717, 1.165) is 29.9 Å². The summed E-state index contributed by atoms with van der Waals surface area (Å²) in [6, 6.07) is 11.5. The zero-order chi connectivity index (χ0) is 19.7. The van der Waals surface area contributed by atoms with Crippen LogP contribution >= 0.6 is 0 Å². The Balaban J connectivity index is 1.44. The lowest BCUT2D eigenvalue weighted by atomic mass is 9.93. The minimum absolute atomic E-state index is 0.000525. The molecule has 0 atom stereocenters. The van der Waals surface area contributed by atoms with Crippen molar-refractivity contribution in [1.29, 1.82) is 0 Å². The zero-order valence-electron chi connectivity index (χ0n) is 15.6. The van der Waals surface area contributed by atoms with Crippen LogP contribution in [0.25, 0.3) is 5.69 Å². The number of aromatic nitrogens is 4. The lowest BCUT2D eigenvalue weighted by Gasteiger charge is -2.31. The molecule has 2 aromatic heterocycles. The van der Waals surface area contributed by atoms with E-state index in [-0.39, 0.29) is 17.5 Å². The predicted octanol–water partition coefficient (Wildman–Crippen LogP) is 2.02. The van der Waals surface area contributed by atoms with Gasteiger partial charge in [0.05, 0.1) is 23.1 Å². The highest BCUT2D eigenvalue weighted by Crippen LogP contribution is 2.28. The standard InChI is InChI=1S/C20H22N6O2/c1-13-16(12-22-26(13)15-5-3-2-4-6-15)20(28)25-9-7-14(8-10-25)17-11-18(19(21)27)24-23-17/h2-6,11-12,14H,7-10H2,1H3,(H2,21,27)(H,23,24). The van der Waals surface area contributed by atoms with Gasteiger partial charge >= 0.3 is 0 Å².